The molecule has 0 unspecified atom stereocenters. The first-order valence-corrected chi connectivity index (χ1v) is 6.94. The van der Waals surface area contributed by atoms with Gasteiger partial charge in [-0.25, -0.2) is 0 Å². The van der Waals surface area contributed by atoms with Crippen molar-refractivity contribution in [3.63, 3.8) is 0 Å². The molecular formula is C12H16BrNO2S. The monoisotopic (exact) mass is 317 g/mol. The number of ketones is 1. The minimum atomic E-state index is -0.207. The summed E-state index contributed by atoms with van der Waals surface area (Å²) in [5, 5.41) is 2.79. The van der Waals surface area contributed by atoms with Crippen LogP contribution in [0.2, 0.25) is 0 Å². The summed E-state index contributed by atoms with van der Waals surface area (Å²) in [6, 6.07) is 4.05. The lowest BCUT2D eigenvalue weighted by Gasteiger charge is -2.23. The van der Waals surface area contributed by atoms with Crippen molar-refractivity contribution in [2.24, 2.45) is 0 Å². The van der Waals surface area contributed by atoms with Gasteiger partial charge in [-0.2, -0.15) is 0 Å². The van der Waals surface area contributed by atoms with Crippen LogP contribution in [0.1, 0.15) is 32.1 Å². The van der Waals surface area contributed by atoms with Gasteiger partial charge in [-0.1, -0.05) is 13.8 Å². The first-order valence-electron chi connectivity index (χ1n) is 5.33. The maximum Gasteiger partial charge on any atom is 0.227 e. The molecule has 0 aromatic carbocycles. The van der Waals surface area contributed by atoms with Crippen LogP contribution in [0.15, 0.2) is 15.9 Å². The Morgan fingerprint density at radius 3 is 2.53 bits per heavy atom. The molecule has 17 heavy (non-hydrogen) atoms. The number of hydrogen-bond donors (Lipinski definition) is 1. The molecule has 0 aliphatic heterocycles. The van der Waals surface area contributed by atoms with Crippen LogP contribution in [-0.2, 0) is 15.0 Å². The topological polar surface area (TPSA) is 46.2 Å². The third-order valence-electron chi connectivity index (χ3n) is 2.38. The zero-order valence-corrected chi connectivity index (χ0v) is 12.6. The van der Waals surface area contributed by atoms with E-state index in [0.29, 0.717) is 6.54 Å². The van der Waals surface area contributed by atoms with Gasteiger partial charge in [0.15, 0.2) is 0 Å². The summed E-state index contributed by atoms with van der Waals surface area (Å²) in [7, 11) is 0. The van der Waals surface area contributed by atoms with E-state index in [-0.39, 0.29) is 23.5 Å². The normalized spacial score (nSPS) is 11.3. The number of rotatable bonds is 5. The number of nitrogens with one attached hydrogen (secondary N) is 1. The summed E-state index contributed by atoms with van der Waals surface area (Å²) in [6.07, 6.45) is -0.0375. The lowest BCUT2D eigenvalue weighted by molar-refractivity contribution is -0.127. The Morgan fingerprint density at radius 1 is 1.41 bits per heavy atom. The number of thiophene rings is 1. The predicted octanol–water partition coefficient (Wildman–Crippen LogP) is 2.88. The van der Waals surface area contributed by atoms with Crippen molar-refractivity contribution in [3.05, 3.63) is 20.8 Å². The second-order valence-electron chi connectivity index (χ2n) is 4.64. The van der Waals surface area contributed by atoms with E-state index in [1.165, 1.54) is 11.8 Å². The molecule has 0 saturated heterocycles. The van der Waals surface area contributed by atoms with Gasteiger partial charge in [-0.3, -0.25) is 9.59 Å². The first-order chi connectivity index (χ1) is 7.81. The van der Waals surface area contributed by atoms with Gasteiger partial charge in [0.2, 0.25) is 5.91 Å². The molecule has 0 bridgehead atoms. The fraction of sp³-hybridized carbons (Fsp3) is 0.500. The largest absolute Gasteiger partial charge is 0.355 e. The minimum absolute atomic E-state index is 0.0375. The van der Waals surface area contributed by atoms with Gasteiger partial charge < -0.3 is 5.32 Å². The van der Waals surface area contributed by atoms with Crippen LogP contribution in [0.4, 0.5) is 0 Å². The van der Waals surface area contributed by atoms with Crippen molar-refractivity contribution in [1.82, 2.24) is 5.32 Å². The average molecular weight is 318 g/mol. The number of hydrogen-bond acceptors (Lipinski definition) is 3. The standard InChI is InChI=1S/C12H16BrNO2S/c1-8(15)6-11(16)14-7-12(2,3)9-4-5-10(13)17-9/h4-5H,6-7H2,1-3H3,(H,14,16). The average Bonchev–Trinajstić information content (AvgIpc) is 2.62. The molecule has 1 heterocycles. The third kappa shape index (κ3) is 4.60. The van der Waals surface area contributed by atoms with Crippen molar-refractivity contribution >= 4 is 39.0 Å². The number of halogens is 1. The van der Waals surface area contributed by atoms with Crippen LogP contribution in [0.25, 0.3) is 0 Å². The molecule has 1 aromatic heterocycles. The summed E-state index contributed by atoms with van der Waals surface area (Å²) >= 11 is 5.08. The van der Waals surface area contributed by atoms with Crippen molar-refractivity contribution in [2.75, 3.05) is 6.54 Å². The fourth-order valence-electron chi connectivity index (χ4n) is 1.37. The molecule has 1 N–H and O–H groups in total. The molecular weight excluding hydrogens is 302 g/mol. The number of carbonyl (C=O) groups is 2. The van der Waals surface area contributed by atoms with Crippen LogP contribution in [0.5, 0.6) is 0 Å². The van der Waals surface area contributed by atoms with E-state index in [2.05, 4.69) is 35.1 Å². The fourth-order valence-corrected chi connectivity index (χ4v) is 2.86. The molecule has 0 saturated carbocycles. The van der Waals surface area contributed by atoms with Crippen molar-refractivity contribution in [3.8, 4) is 0 Å². The summed E-state index contributed by atoms with van der Waals surface area (Å²) < 4.78 is 1.08. The van der Waals surface area contributed by atoms with Crippen LogP contribution in [-0.4, -0.2) is 18.2 Å². The summed E-state index contributed by atoms with van der Waals surface area (Å²) in [4.78, 5) is 23.4. The SMILES string of the molecule is CC(=O)CC(=O)NCC(C)(C)c1ccc(Br)s1. The van der Waals surface area contributed by atoms with Crippen molar-refractivity contribution in [1.29, 1.82) is 0 Å². The number of amides is 1. The predicted molar refractivity (Wildman–Crippen MR) is 73.4 cm³/mol. The number of Topliss-reactive ketones (excluding diaryl/α,β-unsaturated/α-hetero) is 1. The van der Waals surface area contributed by atoms with E-state index >= 15 is 0 Å². The maximum absolute atomic E-state index is 11.4. The van der Waals surface area contributed by atoms with Crippen LogP contribution in [0, 0.1) is 0 Å². The van der Waals surface area contributed by atoms with Gasteiger partial charge in [0.05, 0.1) is 10.2 Å². The Morgan fingerprint density at radius 2 is 2.06 bits per heavy atom. The lowest BCUT2D eigenvalue weighted by Crippen LogP contribution is -2.36. The molecule has 3 nitrogen and oxygen atoms in total. The minimum Gasteiger partial charge on any atom is -0.355 e. The molecule has 1 amide bonds. The molecule has 0 aliphatic rings. The molecule has 0 spiro atoms. The van der Waals surface area contributed by atoms with E-state index in [1.807, 2.05) is 12.1 Å². The van der Waals surface area contributed by atoms with E-state index < -0.39 is 0 Å². The third-order valence-corrected chi connectivity index (χ3v) is 4.37. The van der Waals surface area contributed by atoms with Gasteiger partial charge >= 0.3 is 0 Å². The quantitative estimate of drug-likeness (QED) is 0.849. The highest BCUT2D eigenvalue weighted by Gasteiger charge is 2.23. The lowest BCUT2D eigenvalue weighted by atomic mass is 9.91. The summed E-state index contributed by atoms with van der Waals surface area (Å²) in [6.45, 7) is 6.09. The molecule has 0 aliphatic carbocycles. The number of carbonyl (C=O) groups excluding carboxylic acids is 2. The molecule has 0 radical (unpaired) electrons. The second-order valence-corrected chi connectivity index (χ2v) is 7.11. The van der Waals surface area contributed by atoms with E-state index in [1.54, 1.807) is 11.3 Å². The van der Waals surface area contributed by atoms with Crippen molar-refractivity contribution in [2.45, 2.75) is 32.6 Å². The molecule has 94 valence electrons. The van der Waals surface area contributed by atoms with Gasteiger partial charge in [-0.05, 0) is 35.0 Å². The second kappa shape index (κ2) is 5.78. The molecule has 5 heteroatoms. The highest BCUT2D eigenvalue weighted by Crippen LogP contribution is 2.32. The summed E-state index contributed by atoms with van der Waals surface area (Å²) in [5.41, 5.74) is -0.122. The molecule has 0 atom stereocenters. The van der Waals surface area contributed by atoms with Crippen LogP contribution < -0.4 is 5.32 Å². The smallest absolute Gasteiger partial charge is 0.227 e. The van der Waals surface area contributed by atoms with Gasteiger partial charge in [-0.15, -0.1) is 11.3 Å². The van der Waals surface area contributed by atoms with E-state index in [9.17, 15) is 9.59 Å². The van der Waals surface area contributed by atoms with Gasteiger partial charge in [0.1, 0.15) is 5.78 Å². The van der Waals surface area contributed by atoms with Crippen LogP contribution >= 0.6 is 27.3 Å². The van der Waals surface area contributed by atoms with Gasteiger partial charge in [0, 0.05) is 16.8 Å². The molecule has 1 rings (SSSR count). The highest BCUT2D eigenvalue weighted by molar-refractivity contribution is 9.11. The van der Waals surface area contributed by atoms with Gasteiger partial charge in [0.25, 0.3) is 0 Å². The maximum atomic E-state index is 11.4. The molecule has 0 fully saturated rings. The Balaban J connectivity index is 2.55. The Hall–Kier alpha value is -0.680. The van der Waals surface area contributed by atoms with E-state index in [0.717, 1.165) is 3.79 Å². The summed E-state index contributed by atoms with van der Waals surface area (Å²) in [5.74, 6) is -0.319. The Bertz CT molecular complexity index is 426. The molecule has 1 aromatic rings. The van der Waals surface area contributed by atoms with E-state index in [4.69, 9.17) is 0 Å². The Labute approximate surface area is 114 Å². The highest BCUT2D eigenvalue weighted by atomic mass is 79.9. The zero-order chi connectivity index (χ0) is 13.1. The van der Waals surface area contributed by atoms with Crippen molar-refractivity contribution < 1.29 is 9.59 Å². The Kier molecular flexibility index (Phi) is 4.89. The zero-order valence-electron chi connectivity index (χ0n) is 10.2. The first kappa shape index (κ1) is 14.4. The van der Waals surface area contributed by atoms with Crippen LogP contribution in [0.3, 0.4) is 0 Å².